The van der Waals surface area contributed by atoms with Crippen LogP contribution in [0.4, 0.5) is 5.69 Å². The summed E-state index contributed by atoms with van der Waals surface area (Å²) in [7, 11) is 0. The third-order valence-corrected chi connectivity index (χ3v) is 4.09. The fourth-order valence-corrected chi connectivity index (χ4v) is 2.74. The van der Waals surface area contributed by atoms with Crippen molar-refractivity contribution < 1.29 is 23.8 Å². The average Bonchev–Trinajstić information content (AvgIpc) is 3.05. The number of anilines is 1. The molecule has 0 saturated carbocycles. The van der Waals surface area contributed by atoms with Crippen LogP contribution in [0.1, 0.15) is 42.1 Å². The summed E-state index contributed by atoms with van der Waals surface area (Å²) in [6, 6.07) is 8.76. The Hall–Kier alpha value is -2.76. The van der Waals surface area contributed by atoms with Gasteiger partial charge in [-0.3, -0.25) is 9.69 Å². The number of hydrogen-bond acceptors (Lipinski definition) is 4. The van der Waals surface area contributed by atoms with Crippen LogP contribution in [-0.2, 0) is 17.8 Å². The Labute approximate surface area is 139 Å². The second-order valence-electron chi connectivity index (χ2n) is 5.67. The zero-order valence-corrected chi connectivity index (χ0v) is 13.6. The van der Waals surface area contributed by atoms with Crippen molar-refractivity contribution in [2.24, 2.45) is 0 Å². The first kappa shape index (κ1) is 16.1. The summed E-state index contributed by atoms with van der Waals surface area (Å²) in [6.45, 7) is 4.10. The van der Waals surface area contributed by atoms with Crippen LogP contribution in [0, 0.1) is 0 Å². The highest BCUT2D eigenvalue weighted by atomic mass is 16.5. The van der Waals surface area contributed by atoms with E-state index < -0.39 is 12.1 Å². The molecule has 2 aromatic rings. The van der Waals surface area contributed by atoms with Gasteiger partial charge >= 0.3 is 5.97 Å². The fourth-order valence-electron chi connectivity index (χ4n) is 2.74. The van der Waals surface area contributed by atoms with Gasteiger partial charge in [0.1, 0.15) is 11.5 Å². The van der Waals surface area contributed by atoms with Gasteiger partial charge in [-0.25, -0.2) is 4.79 Å². The van der Waals surface area contributed by atoms with Crippen molar-refractivity contribution in [1.29, 1.82) is 0 Å². The summed E-state index contributed by atoms with van der Waals surface area (Å²) in [5.41, 5.74) is 1.79. The topological polar surface area (TPSA) is 80.0 Å². The van der Waals surface area contributed by atoms with Crippen LogP contribution in [0.15, 0.2) is 34.7 Å². The maximum Gasteiger partial charge on any atom is 0.371 e. The summed E-state index contributed by atoms with van der Waals surface area (Å²) in [6.07, 6.45) is 0.859. The highest BCUT2D eigenvalue weighted by Crippen LogP contribution is 2.36. The van der Waals surface area contributed by atoms with E-state index in [0.29, 0.717) is 23.6 Å². The quantitative estimate of drug-likeness (QED) is 0.911. The van der Waals surface area contributed by atoms with Crippen LogP contribution in [0.2, 0.25) is 0 Å². The average molecular weight is 329 g/mol. The van der Waals surface area contributed by atoms with Crippen molar-refractivity contribution in [2.45, 2.75) is 39.3 Å². The number of carbonyl (C=O) groups is 2. The number of carboxylic acid groups (broad SMARTS) is 1. The highest BCUT2D eigenvalue weighted by molar-refractivity contribution is 6.00. The van der Waals surface area contributed by atoms with E-state index in [9.17, 15) is 9.59 Å². The van der Waals surface area contributed by atoms with E-state index in [-0.39, 0.29) is 18.2 Å². The first-order valence-electron chi connectivity index (χ1n) is 7.96. The molecule has 0 spiro atoms. The van der Waals surface area contributed by atoms with Gasteiger partial charge in [-0.05, 0) is 42.7 Å². The van der Waals surface area contributed by atoms with Crippen molar-refractivity contribution in [3.63, 3.8) is 0 Å². The van der Waals surface area contributed by atoms with Gasteiger partial charge in [-0.1, -0.05) is 19.9 Å². The second kappa shape index (κ2) is 6.39. The second-order valence-corrected chi connectivity index (χ2v) is 5.67. The van der Waals surface area contributed by atoms with Gasteiger partial charge in [0.25, 0.3) is 5.91 Å². The molecular weight excluding hydrogens is 310 g/mol. The number of aryl methyl sites for hydroxylation is 1. The van der Waals surface area contributed by atoms with Crippen molar-refractivity contribution >= 4 is 17.6 Å². The normalized spacial score (nSPS) is 16.7. The molecule has 126 valence electrons. The van der Waals surface area contributed by atoms with E-state index in [2.05, 4.69) is 0 Å². The largest absolute Gasteiger partial charge is 0.478 e. The van der Waals surface area contributed by atoms with Gasteiger partial charge in [0.15, 0.2) is 6.10 Å². The third kappa shape index (κ3) is 2.87. The molecule has 1 unspecified atom stereocenters. The van der Waals surface area contributed by atoms with Gasteiger partial charge < -0.3 is 14.3 Å². The first-order chi connectivity index (χ1) is 11.5. The van der Waals surface area contributed by atoms with Crippen molar-refractivity contribution in [2.75, 3.05) is 4.90 Å². The van der Waals surface area contributed by atoms with Crippen molar-refractivity contribution in [1.82, 2.24) is 0 Å². The molecule has 0 radical (unpaired) electrons. The molecular formula is C18H19NO5. The Kier molecular flexibility index (Phi) is 4.29. The van der Waals surface area contributed by atoms with E-state index in [1.165, 1.54) is 6.07 Å². The summed E-state index contributed by atoms with van der Waals surface area (Å²) in [4.78, 5) is 25.3. The highest BCUT2D eigenvalue weighted by Gasteiger charge is 2.34. The number of carbonyl (C=O) groups excluding carboxylic acids is 1. The maximum atomic E-state index is 12.7. The van der Waals surface area contributed by atoms with Gasteiger partial charge in [0.05, 0.1) is 12.2 Å². The monoisotopic (exact) mass is 329 g/mol. The van der Waals surface area contributed by atoms with Crippen LogP contribution in [-0.4, -0.2) is 23.1 Å². The molecule has 1 aromatic carbocycles. The molecule has 0 aliphatic carbocycles. The lowest BCUT2D eigenvalue weighted by Gasteiger charge is -2.34. The molecule has 1 aliphatic rings. The zero-order valence-electron chi connectivity index (χ0n) is 13.6. The fraction of sp³-hybridized carbons (Fsp3) is 0.333. The van der Waals surface area contributed by atoms with E-state index in [1.807, 2.05) is 32.0 Å². The first-order valence-corrected chi connectivity index (χ1v) is 7.96. The van der Waals surface area contributed by atoms with Gasteiger partial charge in [0, 0.05) is 0 Å². The number of rotatable bonds is 5. The Balaban J connectivity index is 1.97. The van der Waals surface area contributed by atoms with Crippen molar-refractivity contribution in [3.8, 4) is 5.75 Å². The Bertz CT molecular complexity index is 779. The smallest absolute Gasteiger partial charge is 0.371 e. The molecule has 1 aromatic heterocycles. The number of aromatic carboxylic acids is 1. The SMILES string of the molecule is CCc1ccc2c(c1)N(Cc1ccc(C(=O)O)o1)C(=O)C(CC)O2. The van der Waals surface area contributed by atoms with Gasteiger partial charge in [-0.2, -0.15) is 0 Å². The molecule has 3 rings (SSSR count). The van der Waals surface area contributed by atoms with E-state index >= 15 is 0 Å². The summed E-state index contributed by atoms with van der Waals surface area (Å²) in [5, 5.41) is 8.97. The number of hydrogen-bond donors (Lipinski definition) is 1. The lowest BCUT2D eigenvalue weighted by molar-refractivity contribution is -0.126. The van der Waals surface area contributed by atoms with Crippen LogP contribution in [0.3, 0.4) is 0 Å². The van der Waals surface area contributed by atoms with Gasteiger partial charge in [-0.15, -0.1) is 0 Å². The van der Waals surface area contributed by atoms with Crippen molar-refractivity contribution in [3.05, 3.63) is 47.4 Å². The minimum atomic E-state index is -1.13. The van der Waals surface area contributed by atoms with E-state index in [0.717, 1.165) is 12.0 Å². The number of fused-ring (bicyclic) bond motifs is 1. The molecule has 1 aliphatic heterocycles. The van der Waals surface area contributed by atoms with Crippen LogP contribution >= 0.6 is 0 Å². The lowest BCUT2D eigenvalue weighted by atomic mass is 10.1. The zero-order chi connectivity index (χ0) is 17.3. The number of benzene rings is 1. The predicted molar refractivity (Wildman–Crippen MR) is 87.4 cm³/mol. The molecule has 0 bridgehead atoms. The number of nitrogens with zero attached hydrogens (tertiary/aromatic N) is 1. The predicted octanol–water partition coefficient (Wildman–Crippen LogP) is 3.24. The molecule has 1 amide bonds. The van der Waals surface area contributed by atoms with E-state index in [4.69, 9.17) is 14.3 Å². The summed E-state index contributed by atoms with van der Waals surface area (Å²) in [5.74, 6) is -0.338. The summed E-state index contributed by atoms with van der Waals surface area (Å²) >= 11 is 0. The minimum absolute atomic E-state index is 0.139. The van der Waals surface area contributed by atoms with E-state index in [1.54, 1.807) is 11.0 Å². The number of carboxylic acids is 1. The van der Waals surface area contributed by atoms with Crippen LogP contribution in [0.5, 0.6) is 5.75 Å². The standard InChI is InChI=1S/C18H19NO5/c1-3-11-5-7-15-13(9-11)19(17(20)14(4-2)24-15)10-12-6-8-16(23-12)18(21)22/h5-9,14H,3-4,10H2,1-2H3,(H,21,22). The molecule has 0 saturated heterocycles. The Morgan fingerprint density at radius 3 is 2.67 bits per heavy atom. The van der Waals surface area contributed by atoms with Crippen LogP contribution in [0.25, 0.3) is 0 Å². The Morgan fingerprint density at radius 2 is 2.04 bits per heavy atom. The molecule has 1 atom stereocenters. The third-order valence-electron chi connectivity index (χ3n) is 4.09. The maximum absolute atomic E-state index is 12.7. The molecule has 6 nitrogen and oxygen atoms in total. The minimum Gasteiger partial charge on any atom is -0.478 e. The number of ether oxygens (including phenoxy) is 1. The summed E-state index contributed by atoms with van der Waals surface area (Å²) < 4.78 is 11.1. The lowest BCUT2D eigenvalue weighted by Crippen LogP contribution is -2.45. The number of amides is 1. The van der Waals surface area contributed by atoms with Gasteiger partial charge in [0.2, 0.25) is 5.76 Å². The molecule has 6 heteroatoms. The van der Waals surface area contributed by atoms with Crippen LogP contribution < -0.4 is 9.64 Å². The molecule has 24 heavy (non-hydrogen) atoms. The molecule has 1 N–H and O–H groups in total. The number of furan rings is 1. The Morgan fingerprint density at radius 1 is 1.25 bits per heavy atom. The molecule has 0 fully saturated rings. The molecule has 2 heterocycles.